The highest BCUT2D eigenvalue weighted by atomic mass is 79.9. The van der Waals surface area contributed by atoms with E-state index >= 15 is 0 Å². The van der Waals surface area contributed by atoms with Crippen molar-refractivity contribution < 1.29 is 4.79 Å². The minimum Gasteiger partial charge on any atom is -0.298 e. The Labute approximate surface area is 219 Å². The molecule has 0 bridgehead atoms. The number of rotatable bonds is 6. The monoisotopic (exact) mass is 574 g/mol. The second kappa shape index (κ2) is 9.64. The number of benzene rings is 4. The van der Waals surface area contributed by atoms with E-state index in [1.165, 1.54) is 0 Å². The molecule has 4 aromatic carbocycles. The Balaban J connectivity index is 1.57. The fourth-order valence-corrected chi connectivity index (χ4v) is 5.02. The maximum absolute atomic E-state index is 13.9. The molecule has 0 saturated heterocycles. The summed E-state index contributed by atoms with van der Waals surface area (Å²) in [6, 6.07) is 33.3. The van der Waals surface area contributed by atoms with Crippen LogP contribution in [-0.4, -0.2) is 5.78 Å². The van der Waals surface area contributed by atoms with E-state index in [1.54, 1.807) is 0 Å². The first-order valence-electron chi connectivity index (χ1n) is 11.4. The highest BCUT2D eigenvalue weighted by Gasteiger charge is 2.41. The third-order valence-electron chi connectivity index (χ3n) is 6.70. The smallest absolute Gasteiger partial charge is 0.152 e. The van der Waals surface area contributed by atoms with E-state index in [-0.39, 0.29) is 5.78 Å². The molecule has 0 saturated carbocycles. The van der Waals surface area contributed by atoms with Gasteiger partial charge in [0, 0.05) is 19.8 Å². The van der Waals surface area contributed by atoms with Crippen molar-refractivity contribution in [3.8, 4) is 22.3 Å². The quantitative estimate of drug-likeness (QED) is 0.224. The third-order valence-corrected chi connectivity index (χ3v) is 7.76. The number of hydrogen-bond donors (Lipinski definition) is 0. The molecule has 3 heteroatoms. The van der Waals surface area contributed by atoms with Crippen LogP contribution in [0.25, 0.3) is 22.3 Å². The first-order chi connectivity index (χ1) is 16.1. The Morgan fingerprint density at radius 2 is 0.706 bits per heavy atom. The van der Waals surface area contributed by atoms with Crippen molar-refractivity contribution in [1.29, 1.82) is 0 Å². The lowest BCUT2D eigenvalue weighted by Crippen LogP contribution is -2.42. The zero-order valence-corrected chi connectivity index (χ0v) is 23.1. The normalized spacial score (nSPS) is 11.9. The van der Waals surface area contributed by atoms with Gasteiger partial charge in [-0.3, -0.25) is 4.79 Å². The largest absolute Gasteiger partial charge is 0.298 e. The molecule has 0 unspecified atom stereocenters. The van der Waals surface area contributed by atoms with Crippen LogP contribution < -0.4 is 0 Å². The molecular formula is C31H28Br2O. The topological polar surface area (TPSA) is 17.1 Å². The van der Waals surface area contributed by atoms with Crippen molar-refractivity contribution in [1.82, 2.24) is 0 Å². The molecule has 172 valence electrons. The van der Waals surface area contributed by atoms with Crippen LogP contribution in [0.15, 0.2) is 106 Å². The molecule has 0 N–H and O–H groups in total. The number of carbonyl (C=O) groups is 1. The van der Waals surface area contributed by atoms with Gasteiger partial charge in [0.2, 0.25) is 0 Å². The maximum Gasteiger partial charge on any atom is 0.152 e. The number of halogens is 2. The van der Waals surface area contributed by atoms with Crippen LogP contribution in [0.4, 0.5) is 0 Å². The molecule has 0 amide bonds. The molecule has 34 heavy (non-hydrogen) atoms. The van der Waals surface area contributed by atoms with Crippen molar-refractivity contribution in [2.45, 2.75) is 38.5 Å². The molecule has 0 aliphatic carbocycles. The molecule has 0 aliphatic rings. The van der Waals surface area contributed by atoms with Gasteiger partial charge in [0.25, 0.3) is 0 Å². The molecule has 0 aliphatic heterocycles. The lowest BCUT2D eigenvalue weighted by atomic mass is 9.67. The zero-order chi connectivity index (χ0) is 24.5. The van der Waals surface area contributed by atoms with Gasteiger partial charge >= 0.3 is 0 Å². The summed E-state index contributed by atoms with van der Waals surface area (Å²) in [5, 5.41) is 0. The van der Waals surface area contributed by atoms with Crippen molar-refractivity contribution >= 4 is 37.6 Å². The van der Waals surface area contributed by atoms with Crippen LogP contribution in [-0.2, 0) is 15.6 Å². The second-order valence-corrected chi connectivity index (χ2v) is 11.6. The number of ketones is 1. The lowest BCUT2D eigenvalue weighted by molar-refractivity contribution is -0.128. The van der Waals surface area contributed by atoms with Gasteiger partial charge in [0.05, 0.1) is 0 Å². The van der Waals surface area contributed by atoms with Gasteiger partial charge in [-0.25, -0.2) is 0 Å². The van der Waals surface area contributed by atoms with E-state index in [2.05, 4.69) is 105 Å². The maximum atomic E-state index is 13.9. The Morgan fingerprint density at radius 3 is 0.971 bits per heavy atom. The van der Waals surface area contributed by atoms with Crippen molar-refractivity contribution in [2.24, 2.45) is 0 Å². The summed E-state index contributed by atoms with van der Waals surface area (Å²) in [6.07, 6.45) is 0. The first kappa shape index (κ1) is 24.6. The SMILES string of the molecule is CC(C)(C(=O)C(C)(C)c1ccc(-c2ccc(Br)cc2)cc1)c1ccc(-c2ccc(Br)cc2)cc1. The minimum absolute atomic E-state index is 0.202. The number of carbonyl (C=O) groups excluding carboxylic acids is 1. The molecule has 1 nitrogen and oxygen atoms in total. The summed E-state index contributed by atoms with van der Waals surface area (Å²) in [5.41, 5.74) is 5.41. The van der Waals surface area contributed by atoms with Crippen LogP contribution in [0.2, 0.25) is 0 Å². The van der Waals surface area contributed by atoms with Crippen LogP contribution in [0.5, 0.6) is 0 Å². The van der Waals surface area contributed by atoms with E-state index in [4.69, 9.17) is 0 Å². The van der Waals surface area contributed by atoms with Crippen molar-refractivity contribution in [3.05, 3.63) is 117 Å². The van der Waals surface area contributed by atoms with E-state index in [9.17, 15) is 4.79 Å². The molecule has 0 heterocycles. The highest BCUT2D eigenvalue weighted by Crippen LogP contribution is 2.37. The molecule has 0 atom stereocenters. The van der Waals surface area contributed by atoms with Gasteiger partial charge < -0.3 is 0 Å². The molecular weight excluding hydrogens is 548 g/mol. The van der Waals surface area contributed by atoms with Gasteiger partial charge in [-0.2, -0.15) is 0 Å². The molecule has 0 radical (unpaired) electrons. The first-order valence-corrected chi connectivity index (χ1v) is 13.0. The molecule has 0 spiro atoms. The van der Waals surface area contributed by atoms with Gasteiger partial charge in [0.1, 0.15) is 0 Å². The van der Waals surface area contributed by atoms with Crippen LogP contribution >= 0.6 is 31.9 Å². The summed E-state index contributed by atoms with van der Waals surface area (Å²) in [6.45, 7) is 8.12. The number of hydrogen-bond acceptors (Lipinski definition) is 1. The van der Waals surface area contributed by atoms with Crippen LogP contribution in [0, 0.1) is 0 Å². The van der Waals surface area contributed by atoms with Crippen LogP contribution in [0.3, 0.4) is 0 Å². The number of Topliss-reactive ketones (excluding diaryl/α,β-unsaturated/α-hetero) is 1. The summed E-state index contributed by atoms with van der Waals surface area (Å²) in [5.74, 6) is 0.202. The summed E-state index contributed by atoms with van der Waals surface area (Å²) >= 11 is 6.98. The average Bonchev–Trinajstić information content (AvgIpc) is 2.84. The third kappa shape index (κ3) is 4.96. The Hall–Kier alpha value is -2.49. The van der Waals surface area contributed by atoms with Crippen molar-refractivity contribution in [2.75, 3.05) is 0 Å². The predicted molar refractivity (Wildman–Crippen MR) is 150 cm³/mol. The van der Waals surface area contributed by atoms with Gasteiger partial charge in [-0.15, -0.1) is 0 Å². The lowest BCUT2D eigenvalue weighted by Gasteiger charge is -2.34. The average molecular weight is 576 g/mol. The zero-order valence-electron chi connectivity index (χ0n) is 19.9. The molecule has 0 aromatic heterocycles. The predicted octanol–water partition coefficient (Wildman–Crippen LogP) is 9.37. The van der Waals surface area contributed by atoms with E-state index < -0.39 is 10.8 Å². The van der Waals surface area contributed by atoms with Gasteiger partial charge in [0.15, 0.2) is 5.78 Å². The summed E-state index contributed by atoms with van der Waals surface area (Å²) < 4.78 is 2.12. The molecule has 4 aromatic rings. The van der Waals surface area contributed by atoms with Crippen molar-refractivity contribution in [3.63, 3.8) is 0 Å². The standard InChI is InChI=1S/C31H28Br2O/c1-30(2,25-13-5-21(6-14-25)23-9-17-27(32)18-10-23)29(34)31(3,4)26-15-7-22(8-16-26)24-11-19-28(33)20-12-24/h5-20H,1-4H3. The Morgan fingerprint density at radius 1 is 0.471 bits per heavy atom. The minimum atomic E-state index is -0.619. The Kier molecular flexibility index (Phi) is 6.98. The van der Waals surface area contributed by atoms with E-state index in [0.29, 0.717) is 0 Å². The second-order valence-electron chi connectivity index (χ2n) is 9.75. The van der Waals surface area contributed by atoms with Crippen LogP contribution in [0.1, 0.15) is 38.8 Å². The van der Waals surface area contributed by atoms with Gasteiger partial charge in [-0.05, 0) is 85.3 Å². The molecule has 4 rings (SSSR count). The van der Waals surface area contributed by atoms with E-state index in [0.717, 1.165) is 42.3 Å². The van der Waals surface area contributed by atoms with E-state index in [1.807, 2.05) is 52.0 Å². The summed E-state index contributed by atoms with van der Waals surface area (Å²) in [7, 11) is 0. The Bertz CT molecular complexity index is 1180. The van der Waals surface area contributed by atoms with Gasteiger partial charge in [-0.1, -0.05) is 105 Å². The summed E-state index contributed by atoms with van der Waals surface area (Å²) in [4.78, 5) is 13.9. The fourth-order valence-electron chi connectivity index (χ4n) is 4.49. The highest BCUT2D eigenvalue weighted by molar-refractivity contribution is 9.10. The molecule has 0 fully saturated rings. The fraction of sp³-hybridized carbons (Fsp3) is 0.194.